The monoisotopic (exact) mass is 325 g/mol. The van der Waals surface area contributed by atoms with E-state index in [1.165, 1.54) is 23.1 Å². The molecule has 1 amide bonds. The molecule has 7 heteroatoms. The lowest BCUT2D eigenvalue weighted by Gasteiger charge is -2.09. The van der Waals surface area contributed by atoms with Crippen molar-refractivity contribution in [1.82, 2.24) is 10.2 Å². The first kappa shape index (κ1) is 15.3. The molecule has 1 atom stereocenters. The molecular weight excluding hydrogens is 310 g/mol. The second-order valence-electron chi connectivity index (χ2n) is 3.87. The molecule has 2 rings (SSSR count). The minimum atomic E-state index is -0.177. The Morgan fingerprint density at radius 3 is 2.80 bits per heavy atom. The molecule has 0 aliphatic heterocycles. The Balaban J connectivity index is 1.90. The molecule has 0 spiro atoms. The van der Waals surface area contributed by atoms with E-state index < -0.39 is 0 Å². The molecular formula is C13H15N3OS3. The molecule has 0 fully saturated rings. The summed E-state index contributed by atoms with van der Waals surface area (Å²) in [5, 5.41) is 11.2. The lowest BCUT2D eigenvalue weighted by atomic mass is 10.4. The highest BCUT2D eigenvalue weighted by atomic mass is 32.2. The Hall–Kier alpha value is -1.05. The summed E-state index contributed by atoms with van der Waals surface area (Å²) in [7, 11) is 0. The van der Waals surface area contributed by atoms with Gasteiger partial charge in [-0.05, 0) is 24.8 Å². The van der Waals surface area contributed by atoms with Gasteiger partial charge in [-0.2, -0.15) is 0 Å². The van der Waals surface area contributed by atoms with Gasteiger partial charge in [0.1, 0.15) is 0 Å². The molecule has 1 heterocycles. The zero-order valence-electron chi connectivity index (χ0n) is 11.2. The molecule has 0 bridgehead atoms. The number of nitrogens with one attached hydrogen (secondary N) is 1. The molecule has 0 unspecified atom stereocenters. The van der Waals surface area contributed by atoms with E-state index in [4.69, 9.17) is 0 Å². The van der Waals surface area contributed by atoms with E-state index in [1.807, 2.05) is 37.3 Å². The van der Waals surface area contributed by atoms with Gasteiger partial charge in [0.2, 0.25) is 11.0 Å². The Morgan fingerprint density at radius 1 is 1.35 bits per heavy atom. The van der Waals surface area contributed by atoms with E-state index >= 15 is 0 Å². The van der Waals surface area contributed by atoms with E-state index in [2.05, 4.69) is 22.4 Å². The van der Waals surface area contributed by atoms with Crippen LogP contribution in [0.5, 0.6) is 0 Å². The van der Waals surface area contributed by atoms with Crippen LogP contribution in [-0.4, -0.2) is 27.1 Å². The number of hydrogen-bond acceptors (Lipinski definition) is 6. The molecule has 0 aliphatic rings. The van der Waals surface area contributed by atoms with Crippen LogP contribution in [0.1, 0.15) is 13.8 Å². The number of rotatable bonds is 6. The predicted octanol–water partition coefficient (Wildman–Crippen LogP) is 3.77. The summed E-state index contributed by atoms with van der Waals surface area (Å²) in [6.45, 7) is 3.94. The van der Waals surface area contributed by atoms with Gasteiger partial charge < -0.3 is 0 Å². The van der Waals surface area contributed by atoms with Crippen molar-refractivity contribution in [2.24, 2.45) is 0 Å². The lowest BCUT2D eigenvalue weighted by molar-refractivity contribution is -0.115. The van der Waals surface area contributed by atoms with Gasteiger partial charge in [-0.25, -0.2) is 0 Å². The van der Waals surface area contributed by atoms with Gasteiger partial charge in [0.15, 0.2) is 4.34 Å². The topological polar surface area (TPSA) is 54.9 Å². The number of hydrogen-bond donors (Lipinski definition) is 1. The quantitative estimate of drug-likeness (QED) is 0.647. The number of carbonyl (C=O) groups excluding carboxylic acids is 1. The normalized spacial score (nSPS) is 12.1. The number of anilines is 1. The molecule has 106 valence electrons. The van der Waals surface area contributed by atoms with Crippen LogP contribution in [0.15, 0.2) is 39.6 Å². The van der Waals surface area contributed by atoms with Gasteiger partial charge in [-0.1, -0.05) is 48.2 Å². The summed E-state index contributed by atoms with van der Waals surface area (Å²) in [5.41, 5.74) is 0. The Labute approximate surface area is 130 Å². The van der Waals surface area contributed by atoms with Crippen LogP contribution in [0.25, 0.3) is 0 Å². The van der Waals surface area contributed by atoms with Crippen LogP contribution in [0.4, 0.5) is 5.13 Å². The maximum atomic E-state index is 12.1. The van der Waals surface area contributed by atoms with Crippen molar-refractivity contribution in [3.8, 4) is 0 Å². The molecule has 0 radical (unpaired) electrons. The highest BCUT2D eigenvalue weighted by Crippen LogP contribution is 2.27. The van der Waals surface area contributed by atoms with Crippen molar-refractivity contribution < 1.29 is 4.79 Å². The average molecular weight is 325 g/mol. The summed E-state index contributed by atoms with van der Waals surface area (Å²) >= 11 is 4.56. The largest absolute Gasteiger partial charge is 0.300 e. The van der Waals surface area contributed by atoms with Crippen molar-refractivity contribution in [3.63, 3.8) is 0 Å². The van der Waals surface area contributed by atoms with Crippen molar-refractivity contribution in [2.75, 3.05) is 11.1 Å². The maximum absolute atomic E-state index is 12.1. The van der Waals surface area contributed by atoms with Gasteiger partial charge in [0, 0.05) is 4.90 Å². The van der Waals surface area contributed by atoms with Gasteiger partial charge in [-0.3, -0.25) is 10.1 Å². The number of amides is 1. The highest BCUT2D eigenvalue weighted by Gasteiger charge is 2.16. The maximum Gasteiger partial charge on any atom is 0.239 e. The first-order valence-corrected chi connectivity index (χ1v) is 8.86. The number of benzene rings is 1. The van der Waals surface area contributed by atoms with Crippen LogP contribution in [-0.2, 0) is 4.79 Å². The van der Waals surface area contributed by atoms with E-state index in [0.717, 1.165) is 15.0 Å². The summed E-state index contributed by atoms with van der Waals surface area (Å²) in [4.78, 5) is 13.2. The predicted molar refractivity (Wildman–Crippen MR) is 86.7 cm³/mol. The molecule has 2 aromatic rings. The fourth-order valence-electron chi connectivity index (χ4n) is 1.41. The molecule has 0 saturated carbocycles. The van der Waals surface area contributed by atoms with E-state index in [9.17, 15) is 4.79 Å². The first-order chi connectivity index (χ1) is 9.69. The fraction of sp³-hybridized carbons (Fsp3) is 0.308. The Bertz CT molecular complexity index is 559. The van der Waals surface area contributed by atoms with Gasteiger partial charge >= 0.3 is 0 Å². The van der Waals surface area contributed by atoms with Gasteiger partial charge in [0.25, 0.3) is 0 Å². The van der Waals surface area contributed by atoms with Crippen molar-refractivity contribution >= 4 is 45.9 Å². The van der Waals surface area contributed by atoms with Crippen LogP contribution < -0.4 is 5.32 Å². The third-order valence-electron chi connectivity index (χ3n) is 2.33. The lowest BCUT2D eigenvalue weighted by Crippen LogP contribution is -2.22. The molecule has 20 heavy (non-hydrogen) atoms. The standard InChI is InChI=1S/C13H15N3OS3/c1-3-18-13-16-15-12(20-13)14-11(17)9(2)19-10-7-5-4-6-8-10/h4-9H,3H2,1-2H3,(H,14,15,17)/t9-/m0/s1. The zero-order chi connectivity index (χ0) is 14.4. The molecule has 4 nitrogen and oxygen atoms in total. The van der Waals surface area contributed by atoms with Crippen LogP contribution in [0.2, 0.25) is 0 Å². The first-order valence-electron chi connectivity index (χ1n) is 6.18. The number of nitrogens with zero attached hydrogens (tertiary/aromatic N) is 2. The third kappa shape index (κ3) is 4.50. The molecule has 1 N–H and O–H groups in total. The third-order valence-corrected chi connectivity index (χ3v) is 5.30. The summed E-state index contributed by atoms with van der Waals surface area (Å²) < 4.78 is 0.881. The SMILES string of the molecule is CCSc1nnc(NC(=O)[C@H](C)Sc2ccccc2)s1. The summed E-state index contributed by atoms with van der Waals surface area (Å²) in [6, 6.07) is 9.88. The highest BCUT2D eigenvalue weighted by molar-refractivity contribution is 8.01. The fourth-order valence-corrected chi connectivity index (χ4v) is 3.95. The van der Waals surface area contributed by atoms with Gasteiger partial charge in [0.05, 0.1) is 5.25 Å². The summed E-state index contributed by atoms with van der Waals surface area (Å²) in [6.07, 6.45) is 0. The second-order valence-corrected chi connectivity index (χ2v) is 7.77. The Kier molecular flexibility index (Phi) is 5.87. The van der Waals surface area contributed by atoms with E-state index in [0.29, 0.717) is 5.13 Å². The summed E-state index contributed by atoms with van der Waals surface area (Å²) in [5.74, 6) is 0.895. The smallest absolute Gasteiger partial charge is 0.239 e. The molecule has 1 aromatic heterocycles. The number of aromatic nitrogens is 2. The minimum Gasteiger partial charge on any atom is -0.300 e. The molecule has 0 aliphatic carbocycles. The molecule has 0 saturated heterocycles. The van der Waals surface area contributed by atoms with Crippen LogP contribution >= 0.6 is 34.9 Å². The molecule has 1 aromatic carbocycles. The average Bonchev–Trinajstić information content (AvgIpc) is 2.87. The van der Waals surface area contributed by atoms with E-state index in [-0.39, 0.29) is 11.2 Å². The van der Waals surface area contributed by atoms with Crippen LogP contribution in [0, 0.1) is 0 Å². The van der Waals surface area contributed by atoms with Crippen molar-refractivity contribution in [1.29, 1.82) is 0 Å². The van der Waals surface area contributed by atoms with E-state index in [1.54, 1.807) is 11.8 Å². The Morgan fingerprint density at radius 2 is 2.10 bits per heavy atom. The van der Waals surface area contributed by atoms with Crippen molar-refractivity contribution in [2.45, 2.75) is 28.3 Å². The van der Waals surface area contributed by atoms with Crippen molar-refractivity contribution in [3.05, 3.63) is 30.3 Å². The second kappa shape index (κ2) is 7.66. The zero-order valence-corrected chi connectivity index (χ0v) is 13.6. The van der Waals surface area contributed by atoms with Gasteiger partial charge in [-0.15, -0.1) is 22.0 Å². The van der Waals surface area contributed by atoms with Crippen LogP contribution in [0.3, 0.4) is 0 Å². The number of thioether (sulfide) groups is 2. The number of carbonyl (C=O) groups is 1. The minimum absolute atomic E-state index is 0.0527.